The molecule has 0 bridgehead atoms. The van der Waals surface area contributed by atoms with Crippen molar-refractivity contribution in [2.75, 3.05) is 11.5 Å². The van der Waals surface area contributed by atoms with Gasteiger partial charge < -0.3 is 37.0 Å². The number of carbonyl (C=O) groups excluding carboxylic acids is 3. The van der Waals surface area contributed by atoms with Gasteiger partial charge in [0, 0.05) is 17.9 Å². The van der Waals surface area contributed by atoms with E-state index in [-0.39, 0.29) is 23.7 Å². The van der Waals surface area contributed by atoms with Crippen LogP contribution in [0.15, 0.2) is 24.3 Å². The van der Waals surface area contributed by atoms with Gasteiger partial charge in [0.2, 0.25) is 17.7 Å². The highest BCUT2D eigenvalue weighted by Gasteiger charge is 2.30. The summed E-state index contributed by atoms with van der Waals surface area (Å²) in [6, 6.07) is 0.533. The predicted molar refractivity (Wildman–Crippen MR) is 123 cm³/mol. The maximum atomic E-state index is 12.9. The number of carboxylic acids is 2. The van der Waals surface area contributed by atoms with Gasteiger partial charge in [-0.05, 0) is 17.7 Å². The Morgan fingerprint density at radius 1 is 0.818 bits per heavy atom. The number of benzene rings is 1. The quantitative estimate of drug-likeness (QED) is 0.138. The van der Waals surface area contributed by atoms with Crippen LogP contribution in [0.4, 0.5) is 0 Å². The molecule has 0 aliphatic heterocycles. The molecular formula is C19H26N4O8S2. The topological polar surface area (TPSA) is 208 Å². The number of rotatable bonds is 13. The number of aliphatic carboxylic acids is 2. The van der Waals surface area contributed by atoms with E-state index in [0.717, 1.165) is 0 Å². The highest BCUT2D eigenvalue weighted by molar-refractivity contribution is 7.80. The number of amides is 3. The third-order valence-corrected chi connectivity index (χ3v) is 5.08. The van der Waals surface area contributed by atoms with Gasteiger partial charge in [0.05, 0.1) is 12.5 Å². The van der Waals surface area contributed by atoms with Crippen molar-refractivity contribution in [1.29, 1.82) is 0 Å². The SMILES string of the molecule is NC(CC(=O)O)C(=O)NC(Cc1ccc(O)cc1)C(=O)NC(CS)C(=O)NC(CS)C(=O)O. The number of carboxylic acid groups (broad SMARTS) is 2. The van der Waals surface area contributed by atoms with Crippen LogP contribution in [-0.4, -0.2) is 80.7 Å². The number of nitrogens with one attached hydrogen (secondary N) is 3. The second-order valence-electron chi connectivity index (χ2n) is 6.96. The highest BCUT2D eigenvalue weighted by Crippen LogP contribution is 2.12. The van der Waals surface area contributed by atoms with Crippen LogP contribution in [-0.2, 0) is 30.4 Å². The molecule has 0 saturated carbocycles. The molecule has 12 nitrogen and oxygen atoms in total. The summed E-state index contributed by atoms with van der Waals surface area (Å²) in [6.45, 7) is 0. The second kappa shape index (κ2) is 13.5. The van der Waals surface area contributed by atoms with E-state index in [1.54, 1.807) is 0 Å². The van der Waals surface area contributed by atoms with Crippen LogP contribution >= 0.6 is 25.3 Å². The molecule has 33 heavy (non-hydrogen) atoms. The second-order valence-corrected chi connectivity index (χ2v) is 7.69. The van der Waals surface area contributed by atoms with Crippen molar-refractivity contribution in [3.8, 4) is 5.75 Å². The van der Waals surface area contributed by atoms with Crippen LogP contribution in [0.25, 0.3) is 0 Å². The minimum Gasteiger partial charge on any atom is -0.508 e. The summed E-state index contributed by atoms with van der Waals surface area (Å²) in [4.78, 5) is 59.5. The van der Waals surface area contributed by atoms with E-state index in [2.05, 4.69) is 41.2 Å². The Hall–Kier alpha value is -2.97. The Morgan fingerprint density at radius 3 is 1.79 bits per heavy atom. The van der Waals surface area contributed by atoms with Gasteiger partial charge in [0.1, 0.15) is 23.9 Å². The molecule has 1 rings (SSSR count). The van der Waals surface area contributed by atoms with Gasteiger partial charge in [-0.25, -0.2) is 4.79 Å². The first-order valence-electron chi connectivity index (χ1n) is 9.59. The number of nitrogens with two attached hydrogens (primary N) is 1. The molecule has 0 saturated heterocycles. The molecule has 0 fully saturated rings. The summed E-state index contributed by atoms with van der Waals surface area (Å²) in [7, 11) is 0. The standard InChI is InChI=1S/C19H26N4O8S2/c20-11(6-15(25)26)16(27)21-12(5-9-1-3-10(24)4-2-9)17(28)22-13(7-32)18(29)23-14(8-33)19(30)31/h1-4,11-14,24,32-33H,5-8,20H2,(H,21,27)(H,22,28)(H,23,29)(H,25,26)(H,30,31). The molecule has 0 heterocycles. The predicted octanol–water partition coefficient (Wildman–Crippen LogP) is -1.86. The Labute approximate surface area is 200 Å². The smallest absolute Gasteiger partial charge is 0.327 e. The molecule has 1 aromatic rings. The molecule has 4 unspecified atom stereocenters. The van der Waals surface area contributed by atoms with Gasteiger partial charge >= 0.3 is 11.9 Å². The van der Waals surface area contributed by atoms with Crippen molar-refractivity contribution in [3.63, 3.8) is 0 Å². The van der Waals surface area contributed by atoms with Crippen LogP contribution in [0.1, 0.15) is 12.0 Å². The van der Waals surface area contributed by atoms with E-state index in [0.29, 0.717) is 5.56 Å². The molecule has 182 valence electrons. The van der Waals surface area contributed by atoms with E-state index in [9.17, 15) is 29.1 Å². The summed E-state index contributed by atoms with van der Waals surface area (Å²) >= 11 is 7.86. The Kier molecular flexibility index (Phi) is 11.5. The first-order valence-corrected chi connectivity index (χ1v) is 10.9. The summed E-state index contributed by atoms with van der Waals surface area (Å²) in [6.07, 6.45) is -0.742. The van der Waals surface area contributed by atoms with Crippen molar-refractivity contribution in [1.82, 2.24) is 16.0 Å². The molecule has 0 aliphatic rings. The molecule has 3 amide bonds. The van der Waals surface area contributed by atoms with E-state index < -0.39 is 60.2 Å². The number of phenols is 1. The zero-order valence-corrected chi connectivity index (χ0v) is 19.1. The van der Waals surface area contributed by atoms with E-state index in [1.807, 2.05) is 0 Å². The van der Waals surface area contributed by atoms with E-state index in [4.69, 9.17) is 15.9 Å². The van der Waals surface area contributed by atoms with Crippen molar-refractivity contribution in [2.45, 2.75) is 37.0 Å². The molecule has 0 aliphatic carbocycles. The highest BCUT2D eigenvalue weighted by atomic mass is 32.1. The van der Waals surface area contributed by atoms with Crippen molar-refractivity contribution >= 4 is 54.9 Å². The van der Waals surface area contributed by atoms with Gasteiger partial charge in [-0.1, -0.05) is 12.1 Å². The van der Waals surface area contributed by atoms with Gasteiger partial charge in [0.25, 0.3) is 0 Å². The normalized spacial score (nSPS) is 14.3. The number of hydrogen-bond donors (Lipinski definition) is 9. The van der Waals surface area contributed by atoms with Gasteiger partial charge in [0.15, 0.2) is 0 Å². The largest absolute Gasteiger partial charge is 0.508 e. The lowest BCUT2D eigenvalue weighted by atomic mass is 10.0. The first kappa shape index (κ1) is 28.1. The minimum absolute atomic E-state index is 0.0174. The minimum atomic E-state index is -1.42. The van der Waals surface area contributed by atoms with Crippen LogP contribution in [0.2, 0.25) is 0 Å². The molecule has 0 aromatic heterocycles. The number of carbonyl (C=O) groups is 5. The average molecular weight is 503 g/mol. The van der Waals surface area contributed by atoms with Crippen LogP contribution in [0.5, 0.6) is 5.75 Å². The maximum absolute atomic E-state index is 12.9. The number of phenolic OH excluding ortho intramolecular Hbond substituents is 1. The average Bonchev–Trinajstić information content (AvgIpc) is 2.75. The van der Waals surface area contributed by atoms with Gasteiger partial charge in [-0.2, -0.15) is 25.3 Å². The molecule has 1 aromatic carbocycles. The fraction of sp³-hybridized carbons (Fsp3) is 0.421. The lowest BCUT2D eigenvalue weighted by Crippen LogP contribution is -2.58. The zero-order valence-electron chi connectivity index (χ0n) is 17.3. The van der Waals surface area contributed by atoms with E-state index >= 15 is 0 Å². The van der Waals surface area contributed by atoms with E-state index in [1.165, 1.54) is 24.3 Å². The molecule has 0 radical (unpaired) electrons. The first-order chi connectivity index (χ1) is 15.5. The van der Waals surface area contributed by atoms with Crippen LogP contribution in [0, 0.1) is 0 Å². The number of thiol groups is 2. The van der Waals surface area contributed by atoms with Gasteiger partial charge in [-0.3, -0.25) is 19.2 Å². The molecule has 4 atom stereocenters. The lowest BCUT2D eigenvalue weighted by Gasteiger charge is -2.24. The Morgan fingerprint density at radius 2 is 1.30 bits per heavy atom. The monoisotopic (exact) mass is 502 g/mol. The molecular weight excluding hydrogens is 476 g/mol. The summed E-state index contributed by atoms with van der Waals surface area (Å²) in [5, 5.41) is 34.3. The Bertz CT molecular complexity index is 868. The zero-order chi connectivity index (χ0) is 25.1. The number of aromatic hydroxyl groups is 1. The maximum Gasteiger partial charge on any atom is 0.327 e. The molecule has 8 N–H and O–H groups in total. The molecule has 0 spiro atoms. The fourth-order valence-corrected chi connectivity index (χ4v) is 3.07. The van der Waals surface area contributed by atoms with Crippen molar-refractivity contribution in [2.24, 2.45) is 5.73 Å². The Balaban J connectivity index is 3.01. The van der Waals surface area contributed by atoms with Crippen molar-refractivity contribution < 1.29 is 39.3 Å². The van der Waals surface area contributed by atoms with Crippen LogP contribution < -0.4 is 21.7 Å². The van der Waals surface area contributed by atoms with Crippen molar-refractivity contribution in [3.05, 3.63) is 29.8 Å². The van der Waals surface area contributed by atoms with Gasteiger partial charge in [-0.15, -0.1) is 0 Å². The molecule has 14 heteroatoms. The fourth-order valence-electron chi connectivity index (χ4n) is 2.56. The number of hydrogen-bond acceptors (Lipinski definition) is 9. The third-order valence-electron chi connectivity index (χ3n) is 4.35. The summed E-state index contributed by atoms with van der Waals surface area (Å²) in [5.41, 5.74) is 6.09. The third kappa shape index (κ3) is 9.59. The summed E-state index contributed by atoms with van der Waals surface area (Å²) < 4.78 is 0. The van der Waals surface area contributed by atoms with Crippen LogP contribution in [0.3, 0.4) is 0 Å². The summed E-state index contributed by atoms with van der Waals surface area (Å²) in [5.74, 6) is -5.54. The lowest BCUT2D eigenvalue weighted by molar-refractivity contribution is -0.141.